The van der Waals surface area contributed by atoms with E-state index in [4.69, 9.17) is 23.1 Å². The first-order valence-corrected chi connectivity index (χ1v) is 8.03. The highest BCUT2D eigenvalue weighted by atomic mass is 35.5. The number of nitrogen functional groups attached to an aromatic ring is 1. The number of carbonyl (C=O) groups is 1. The number of primary amides is 1. The van der Waals surface area contributed by atoms with Crippen molar-refractivity contribution in [3.05, 3.63) is 64.0 Å². The third-order valence-electron chi connectivity index (χ3n) is 3.98. The number of hydrogen-bond acceptors (Lipinski definition) is 4. The lowest BCUT2D eigenvalue weighted by molar-refractivity contribution is 0.0997. The third-order valence-corrected chi connectivity index (χ3v) is 4.22. The van der Waals surface area contributed by atoms with Crippen LogP contribution in [-0.4, -0.2) is 16.0 Å². The van der Waals surface area contributed by atoms with Gasteiger partial charge < -0.3 is 16.6 Å². The maximum absolute atomic E-state index is 11.7. The molecule has 0 atom stereocenters. The number of rotatable bonds is 4. The van der Waals surface area contributed by atoms with Crippen LogP contribution in [0.4, 0.5) is 5.69 Å². The van der Waals surface area contributed by atoms with Gasteiger partial charge in [-0.25, -0.2) is 4.98 Å². The average molecular weight is 358 g/mol. The minimum Gasteiger partial charge on any atom is -0.508 e. The van der Waals surface area contributed by atoms with Crippen LogP contribution < -0.4 is 11.5 Å². The maximum Gasteiger partial charge on any atom is 0.269 e. The number of nitrogens with zero attached hydrogens (tertiary/aromatic N) is 1. The van der Waals surface area contributed by atoms with E-state index in [9.17, 15) is 9.90 Å². The van der Waals surface area contributed by atoms with Gasteiger partial charge in [0, 0.05) is 16.0 Å². The Morgan fingerprint density at radius 2 is 1.96 bits per heavy atom. The Kier molecular flexibility index (Phi) is 5.49. The highest BCUT2D eigenvalue weighted by molar-refractivity contribution is 6.31. The van der Waals surface area contributed by atoms with E-state index in [1.165, 1.54) is 0 Å². The number of pyridine rings is 1. The second-order valence-corrected chi connectivity index (χ2v) is 6.07. The molecule has 0 fully saturated rings. The summed E-state index contributed by atoms with van der Waals surface area (Å²) in [7, 11) is 0. The number of hydrogen-bond donors (Lipinski definition) is 3. The summed E-state index contributed by atoms with van der Waals surface area (Å²) in [4.78, 5) is 16.0. The molecule has 1 aromatic carbocycles. The third kappa shape index (κ3) is 3.83. The molecule has 0 radical (unpaired) electrons. The number of halogens is 1. The molecule has 6 heteroatoms. The monoisotopic (exact) mass is 357 g/mol. The minimum absolute atomic E-state index is 0.0252. The summed E-state index contributed by atoms with van der Waals surface area (Å²) in [6.07, 6.45) is 4.94. The largest absolute Gasteiger partial charge is 0.508 e. The molecule has 1 amide bonds. The van der Waals surface area contributed by atoms with Gasteiger partial charge in [-0.2, -0.15) is 0 Å². The molecule has 130 valence electrons. The van der Waals surface area contributed by atoms with Crippen molar-refractivity contribution in [3.63, 3.8) is 0 Å². The summed E-state index contributed by atoms with van der Waals surface area (Å²) < 4.78 is 0. The molecular formula is C19H20ClN3O2. The van der Waals surface area contributed by atoms with Gasteiger partial charge in [-0.05, 0) is 62.3 Å². The van der Waals surface area contributed by atoms with Gasteiger partial charge in [0.15, 0.2) is 5.69 Å². The Balaban J connectivity index is 2.82. The van der Waals surface area contributed by atoms with Gasteiger partial charge in [0.25, 0.3) is 5.91 Å². The van der Waals surface area contributed by atoms with Gasteiger partial charge in [-0.15, -0.1) is 0 Å². The number of nitrogens with two attached hydrogens (primary N) is 2. The average Bonchev–Trinajstić information content (AvgIpc) is 2.57. The quantitative estimate of drug-likeness (QED) is 0.558. The van der Waals surface area contributed by atoms with Crippen molar-refractivity contribution in [1.29, 1.82) is 0 Å². The molecule has 0 spiro atoms. The SMILES string of the molecule is C/C=C(O)/C=C\C(C)=C(/C)c1c(N)c(C(N)=O)nc2ccc(Cl)cc12. The molecule has 2 aromatic rings. The highest BCUT2D eigenvalue weighted by Gasteiger charge is 2.18. The van der Waals surface area contributed by atoms with Crippen LogP contribution in [0.5, 0.6) is 0 Å². The van der Waals surface area contributed by atoms with Gasteiger partial charge >= 0.3 is 0 Å². The molecule has 5 N–H and O–H groups in total. The Bertz CT molecular complexity index is 943. The van der Waals surface area contributed by atoms with Crippen LogP contribution in [-0.2, 0) is 0 Å². The zero-order valence-corrected chi connectivity index (χ0v) is 15.1. The number of amides is 1. The molecule has 0 aliphatic carbocycles. The fourth-order valence-electron chi connectivity index (χ4n) is 2.47. The van der Waals surface area contributed by atoms with E-state index < -0.39 is 5.91 Å². The van der Waals surface area contributed by atoms with Crippen LogP contribution >= 0.6 is 11.6 Å². The van der Waals surface area contributed by atoms with Gasteiger partial charge in [-0.3, -0.25) is 4.79 Å². The van der Waals surface area contributed by atoms with Crippen LogP contribution in [0.25, 0.3) is 16.5 Å². The van der Waals surface area contributed by atoms with Gasteiger partial charge in [0.2, 0.25) is 0 Å². The topological polar surface area (TPSA) is 102 Å². The molecule has 0 unspecified atom stereocenters. The molecule has 2 rings (SSSR count). The summed E-state index contributed by atoms with van der Waals surface area (Å²) in [6, 6.07) is 5.17. The van der Waals surface area contributed by atoms with Gasteiger partial charge in [-0.1, -0.05) is 17.7 Å². The predicted molar refractivity (Wildman–Crippen MR) is 103 cm³/mol. The number of anilines is 1. The van der Waals surface area contributed by atoms with Crippen molar-refractivity contribution in [2.45, 2.75) is 20.8 Å². The Morgan fingerprint density at radius 3 is 2.56 bits per heavy atom. The predicted octanol–water partition coefficient (Wildman–Crippen LogP) is 4.38. The van der Waals surface area contributed by atoms with Crippen LogP contribution in [0.3, 0.4) is 0 Å². The second kappa shape index (κ2) is 7.40. The molecule has 0 saturated heterocycles. The molecule has 0 aliphatic rings. The van der Waals surface area contributed by atoms with Gasteiger partial charge in [0.05, 0.1) is 11.2 Å². The molecular weight excluding hydrogens is 338 g/mol. The lowest BCUT2D eigenvalue weighted by Gasteiger charge is -2.15. The summed E-state index contributed by atoms with van der Waals surface area (Å²) >= 11 is 6.12. The normalized spacial score (nSPS) is 13.4. The van der Waals surface area contributed by atoms with Crippen molar-refractivity contribution in [1.82, 2.24) is 4.98 Å². The number of fused-ring (bicyclic) bond motifs is 1. The van der Waals surface area contributed by atoms with Gasteiger partial charge in [0.1, 0.15) is 5.76 Å². The first kappa shape index (κ1) is 18.5. The summed E-state index contributed by atoms with van der Waals surface area (Å²) in [6.45, 7) is 5.50. The first-order valence-electron chi connectivity index (χ1n) is 7.66. The zero-order chi connectivity index (χ0) is 18.7. The molecule has 0 bridgehead atoms. The van der Waals surface area contributed by atoms with Crippen molar-refractivity contribution in [2.75, 3.05) is 5.73 Å². The van der Waals surface area contributed by atoms with Crippen molar-refractivity contribution < 1.29 is 9.90 Å². The second-order valence-electron chi connectivity index (χ2n) is 5.63. The smallest absolute Gasteiger partial charge is 0.269 e. The number of benzene rings is 1. The lowest BCUT2D eigenvalue weighted by atomic mass is 9.95. The molecule has 0 aliphatic heterocycles. The highest BCUT2D eigenvalue weighted by Crippen LogP contribution is 2.34. The van der Waals surface area contributed by atoms with E-state index in [1.807, 2.05) is 13.8 Å². The Labute approximate surface area is 151 Å². The Morgan fingerprint density at radius 1 is 1.28 bits per heavy atom. The molecule has 5 nitrogen and oxygen atoms in total. The van der Waals surface area contributed by atoms with E-state index in [0.29, 0.717) is 16.1 Å². The molecule has 0 saturated carbocycles. The number of aliphatic hydroxyl groups is 1. The van der Waals surface area contributed by atoms with E-state index in [0.717, 1.165) is 16.5 Å². The van der Waals surface area contributed by atoms with Crippen LogP contribution in [0.15, 0.2) is 47.8 Å². The molecule has 25 heavy (non-hydrogen) atoms. The molecule has 1 heterocycles. The number of allylic oxidation sites excluding steroid dienone is 5. The zero-order valence-electron chi connectivity index (χ0n) is 14.3. The lowest BCUT2D eigenvalue weighted by Crippen LogP contribution is -2.17. The van der Waals surface area contributed by atoms with Crippen LogP contribution in [0, 0.1) is 0 Å². The van der Waals surface area contributed by atoms with Crippen LogP contribution in [0.2, 0.25) is 5.02 Å². The number of aliphatic hydroxyl groups excluding tert-OH is 1. The van der Waals surface area contributed by atoms with Crippen molar-refractivity contribution >= 4 is 39.7 Å². The van der Waals surface area contributed by atoms with E-state index in [-0.39, 0.29) is 17.1 Å². The fourth-order valence-corrected chi connectivity index (χ4v) is 2.64. The Hall–Kier alpha value is -2.79. The molecule has 1 aromatic heterocycles. The van der Waals surface area contributed by atoms with Crippen molar-refractivity contribution in [3.8, 4) is 0 Å². The summed E-state index contributed by atoms with van der Waals surface area (Å²) in [5.41, 5.74) is 14.8. The fraction of sp³-hybridized carbons (Fsp3) is 0.158. The van der Waals surface area contributed by atoms with Crippen LogP contribution in [0.1, 0.15) is 36.8 Å². The number of aromatic nitrogens is 1. The van der Waals surface area contributed by atoms with Crippen molar-refractivity contribution in [2.24, 2.45) is 5.73 Å². The maximum atomic E-state index is 11.7. The first-order chi connectivity index (χ1) is 11.8. The summed E-state index contributed by atoms with van der Waals surface area (Å²) in [5, 5.41) is 10.8. The standard InChI is InChI=1S/C19H20ClN3O2/c1-4-13(24)7-5-10(2)11(3)16-14-9-12(20)6-8-15(14)23-18(17(16)21)19(22)25/h4-9,24H,21H2,1-3H3,(H2,22,25)/b7-5-,11-10+,13-4-. The van der Waals surface area contributed by atoms with E-state index in [2.05, 4.69) is 4.98 Å². The van der Waals surface area contributed by atoms with E-state index in [1.54, 1.807) is 43.4 Å². The summed E-state index contributed by atoms with van der Waals surface area (Å²) in [5.74, 6) is -0.538. The minimum atomic E-state index is -0.692. The number of carbonyl (C=O) groups excluding carboxylic acids is 1. The van der Waals surface area contributed by atoms with E-state index >= 15 is 0 Å².